The lowest BCUT2D eigenvalue weighted by Crippen LogP contribution is -1.94. The molecular formula is C20H18N2O3. The summed E-state index contributed by atoms with van der Waals surface area (Å²) in [6, 6.07) is 22.0. The summed E-state index contributed by atoms with van der Waals surface area (Å²) >= 11 is 0. The first kappa shape index (κ1) is 16.7. The molecule has 0 amide bonds. The fourth-order valence-electron chi connectivity index (χ4n) is 2.98. The third-order valence-corrected chi connectivity index (χ3v) is 4.13. The zero-order valence-electron chi connectivity index (χ0n) is 13.4. The van der Waals surface area contributed by atoms with Crippen LogP contribution in [0.5, 0.6) is 0 Å². The molecule has 0 fully saturated rings. The van der Waals surface area contributed by atoms with E-state index in [0.717, 1.165) is 23.0 Å². The molecular weight excluding hydrogens is 316 g/mol. The normalized spacial score (nSPS) is 10.5. The number of H-pyrrole nitrogens is 1. The molecule has 4 aromatic rings. The van der Waals surface area contributed by atoms with Crippen molar-refractivity contribution in [2.45, 2.75) is 6.42 Å². The number of rotatable bonds is 3. The van der Waals surface area contributed by atoms with Crippen molar-refractivity contribution in [3.8, 4) is 0 Å². The van der Waals surface area contributed by atoms with Gasteiger partial charge in [0.2, 0.25) is 0 Å². The molecule has 5 nitrogen and oxygen atoms in total. The summed E-state index contributed by atoms with van der Waals surface area (Å²) in [6.07, 6.45) is 0.794. The summed E-state index contributed by atoms with van der Waals surface area (Å²) < 4.78 is 0. The van der Waals surface area contributed by atoms with Gasteiger partial charge >= 0.3 is 5.97 Å². The maximum atomic E-state index is 11.1. The summed E-state index contributed by atoms with van der Waals surface area (Å²) in [5, 5.41) is 19.1. The fraction of sp³-hybridized carbons (Fsp3) is 0.0500. The van der Waals surface area contributed by atoms with Gasteiger partial charge in [-0.2, -0.15) is 0 Å². The predicted molar refractivity (Wildman–Crippen MR) is 98.0 cm³/mol. The molecule has 0 spiro atoms. The van der Waals surface area contributed by atoms with E-state index in [1.807, 2.05) is 18.2 Å². The Morgan fingerprint density at radius 2 is 1.60 bits per heavy atom. The van der Waals surface area contributed by atoms with Crippen LogP contribution in [0.25, 0.3) is 21.7 Å². The molecule has 4 rings (SSSR count). The number of hydrogen-bond acceptors (Lipinski definition) is 3. The van der Waals surface area contributed by atoms with Crippen molar-refractivity contribution in [2.24, 2.45) is 5.90 Å². The highest BCUT2D eigenvalue weighted by molar-refractivity contribution is 5.93. The lowest BCUT2D eigenvalue weighted by atomic mass is 10.0. The van der Waals surface area contributed by atoms with Crippen molar-refractivity contribution < 1.29 is 15.1 Å². The number of fused-ring (bicyclic) bond motifs is 2. The minimum Gasteiger partial charge on any atom is -0.478 e. The van der Waals surface area contributed by atoms with Crippen LogP contribution in [0.3, 0.4) is 0 Å². The number of nitrogens with one attached hydrogen (secondary N) is 1. The number of aromatic amines is 1. The van der Waals surface area contributed by atoms with Crippen LogP contribution in [0.2, 0.25) is 0 Å². The van der Waals surface area contributed by atoms with Gasteiger partial charge in [-0.25, -0.2) is 10.7 Å². The molecule has 5 heteroatoms. The Morgan fingerprint density at radius 3 is 2.36 bits per heavy atom. The van der Waals surface area contributed by atoms with E-state index in [1.54, 1.807) is 12.1 Å². The highest BCUT2D eigenvalue weighted by Gasteiger charge is 2.07. The molecule has 5 N–H and O–H groups in total. The minimum absolute atomic E-state index is 0.302. The Morgan fingerprint density at radius 1 is 0.880 bits per heavy atom. The van der Waals surface area contributed by atoms with Gasteiger partial charge < -0.3 is 15.3 Å². The first-order chi connectivity index (χ1) is 12.2. The lowest BCUT2D eigenvalue weighted by Gasteiger charge is -2.02. The quantitative estimate of drug-likeness (QED) is 0.426. The summed E-state index contributed by atoms with van der Waals surface area (Å²) in [7, 11) is 0. The maximum Gasteiger partial charge on any atom is 0.335 e. The number of carbonyl (C=O) groups is 1. The molecule has 0 aliphatic heterocycles. The fourth-order valence-corrected chi connectivity index (χ4v) is 2.98. The van der Waals surface area contributed by atoms with E-state index in [2.05, 4.69) is 47.3 Å². The van der Waals surface area contributed by atoms with Crippen LogP contribution in [-0.2, 0) is 6.42 Å². The summed E-state index contributed by atoms with van der Waals surface area (Å²) in [5.41, 5.74) is 3.48. The van der Waals surface area contributed by atoms with Gasteiger partial charge in [-0.3, -0.25) is 0 Å². The third-order valence-electron chi connectivity index (χ3n) is 4.13. The Labute approximate surface area is 144 Å². The van der Waals surface area contributed by atoms with E-state index >= 15 is 0 Å². The third kappa shape index (κ3) is 3.52. The van der Waals surface area contributed by atoms with Gasteiger partial charge in [0.1, 0.15) is 0 Å². The molecule has 0 aliphatic rings. The summed E-state index contributed by atoms with van der Waals surface area (Å²) in [4.78, 5) is 14.4. The molecule has 1 aromatic heterocycles. The standard InChI is InChI=1S/C20H15NO2.H3NO/c22-20(23)17-8-7-16-11-18(21-19(16)12-17)10-13-5-6-14-3-1-2-4-15(14)9-13;1-2/h1-9,11-12,21H,10H2,(H,22,23);2H,1H2. The van der Waals surface area contributed by atoms with E-state index in [9.17, 15) is 4.79 Å². The average Bonchev–Trinajstić information content (AvgIpc) is 3.04. The SMILES string of the molecule is NO.O=C(O)c1ccc2cc(Cc3ccc4ccccc4c3)[nH]c2c1. The van der Waals surface area contributed by atoms with E-state index in [0.29, 0.717) is 5.56 Å². The Hall–Kier alpha value is -3.15. The first-order valence-electron chi connectivity index (χ1n) is 7.77. The molecule has 0 bridgehead atoms. The van der Waals surface area contributed by atoms with Gasteiger partial charge in [0.15, 0.2) is 0 Å². The predicted octanol–water partition coefficient (Wildman–Crippen LogP) is 3.94. The van der Waals surface area contributed by atoms with Crippen LogP contribution >= 0.6 is 0 Å². The number of hydrogen-bond donors (Lipinski definition) is 4. The van der Waals surface area contributed by atoms with Crippen LogP contribution < -0.4 is 5.90 Å². The Kier molecular flexibility index (Phi) is 4.79. The molecule has 0 saturated carbocycles. The van der Waals surface area contributed by atoms with Crippen molar-refractivity contribution >= 4 is 27.6 Å². The van der Waals surface area contributed by atoms with Gasteiger partial charge in [-0.15, -0.1) is 0 Å². The molecule has 25 heavy (non-hydrogen) atoms. The Bertz CT molecular complexity index is 1040. The van der Waals surface area contributed by atoms with E-state index in [-0.39, 0.29) is 0 Å². The zero-order valence-corrected chi connectivity index (χ0v) is 13.4. The van der Waals surface area contributed by atoms with E-state index in [1.165, 1.54) is 16.3 Å². The van der Waals surface area contributed by atoms with Crippen LogP contribution in [0.1, 0.15) is 21.6 Å². The summed E-state index contributed by atoms with van der Waals surface area (Å²) in [5.74, 6) is 2.59. The monoisotopic (exact) mass is 334 g/mol. The largest absolute Gasteiger partial charge is 0.478 e. The highest BCUT2D eigenvalue weighted by Crippen LogP contribution is 2.21. The number of benzene rings is 3. The van der Waals surface area contributed by atoms with Gasteiger partial charge in [0.05, 0.1) is 5.56 Å². The van der Waals surface area contributed by atoms with Crippen LogP contribution in [-0.4, -0.2) is 21.3 Å². The highest BCUT2D eigenvalue weighted by atomic mass is 16.4. The van der Waals surface area contributed by atoms with Gasteiger partial charge in [0.25, 0.3) is 0 Å². The number of carboxylic acid groups (broad SMARTS) is 1. The molecule has 0 unspecified atom stereocenters. The van der Waals surface area contributed by atoms with Crippen LogP contribution in [0, 0.1) is 0 Å². The van der Waals surface area contributed by atoms with E-state index in [4.69, 9.17) is 10.3 Å². The number of aromatic carboxylic acids is 1. The van der Waals surface area contributed by atoms with Gasteiger partial charge in [-0.1, -0.05) is 48.5 Å². The van der Waals surface area contributed by atoms with Crippen LogP contribution in [0.4, 0.5) is 0 Å². The number of aromatic nitrogens is 1. The second-order valence-electron chi connectivity index (χ2n) is 5.76. The van der Waals surface area contributed by atoms with E-state index < -0.39 is 5.97 Å². The number of carboxylic acids is 1. The van der Waals surface area contributed by atoms with Crippen molar-refractivity contribution in [1.29, 1.82) is 0 Å². The molecule has 0 radical (unpaired) electrons. The van der Waals surface area contributed by atoms with Crippen molar-refractivity contribution in [1.82, 2.24) is 4.98 Å². The van der Waals surface area contributed by atoms with Gasteiger partial charge in [-0.05, 0) is 39.9 Å². The lowest BCUT2D eigenvalue weighted by molar-refractivity contribution is 0.0697. The first-order valence-corrected chi connectivity index (χ1v) is 7.77. The maximum absolute atomic E-state index is 11.1. The van der Waals surface area contributed by atoms with Crippen molar-refractivity contribution in [3.63, 3.8) is 0 Å². The number of nitrogens with two attached hydrogens (primary N) is 1. The molecule has 1 heterocycles. The molecule has 0 saturated heterocycles. The smallest absolute Gasteiger partial charge is 0.335 e. The van der Waals surface area contributed by atoms with Crippen molar-refractivity contribution in [3.05, 3.63) is 83.6 Å². The summed E-state index contributed by atoms with van der Waals surface area (Å²) in [6.45, 7) is 0. The molecule has 0 atom stereocenters. The molecule has 0 aliphatic carbocycles. The molecule has 3 aromatic carbocycles. The zero-order chi connectivity index (χ0) is 17.8. The minimum atomic E-state index is -0.905. The molecule has 126 valence electrons. The topological polar surface area (TPSA) is 99.3 Å². The van der Waals surface area contributed by atoms with Crippen LogP contribution in [0.15, 0.2) is 66.7 Å². The second kappa shape index (κ2) is 7.17. The second-order valence-corrected chi connectivity index (χ2v) is 5.76. The Balaban J connectivity index is 0.000000880. The average molecular weight is 334 g/mol. The van der Waals surface area contributed by atoms with Crippen molar-refractivity contribution in [2.75, 3.05) is 0 Å². The van der Waals surface area contributed by atoms with Gasteiger partial charge in [0, 0.05) is 17.6 Å².